The molecule has 1 heterocycles. The molecular formula is C18H17N3O3S2. The molecule has 1 amide bonds. The van der Waals surface area contributed by atoms with Gasteiger partial charge in [0.15, 0.2) is 15.8 Å². The summed E-state index contributed by atoms with van der Waals surface area (Å²) in [5.74, 6) is 0.435. The van der Waals surface area contributed by atoms with Crippen LogP contribution in [0.3, 0.4) is 0 Å². The van der Waals surface area contributed by atoms with E-state index in [1.54, 1.807) is 30.4 Å². The molecule has 0 saturated heterocycles. The van der Waals surface area contributed by atoms with Crippen molar-refractivity contribution in [3.05, 3.63) is 48.0 Å². The Balaban J connectivity index is 1.58. The number of hydrogen-bond donors (Lipinski definition) is 2. The van der Waals surface area contributed by atoms with Gasteiger partial charge in [-0.3, -0.25) is 4.79 Å². The molecule has 134 valence electrons. The summed E-state index contributed by atoms with van der Waals surface area (Å²) in [6.07, 6.45) is 0. The first-order valence-corrected chi connectivity index (χ1v) is 9.56. The molecule has 1 aromatic heterocycles. The average molecular weight is 387 g/mol. The maximum absolute atomic E-state index is 12.0. The van der Waals surface area contributed by atoms with E-state index in [0.29, 0.717) is 11.5 Å². The number of rotatable bonds is 6. The lowest BCUT2D eigenvalue weighted by molar-refractivity contribution is -0.118. The molecule has 8 heteroatoms. The average Bonchev–Trinajstić information content (AvgIpc) is 3.07. The van der Waals surface area contributed by atoms with Gasteiger partial charge in [0.2, 0.25) is 0 Å². The van der Waals surface area contributed by atoms with Gasteiger partial charge in [0.1, 0.15) is 0 Å². The summed E-state index contributed by atoms with van der Waals surface area (Å²) in [5.41, 5.74) is 4.84. The van der Waals surface area contributed by atoms with Crippen molar-refractivity contribution in [1.82, 2.24) is 10.4 Å². The third-order valence-electron chi connectivity index (χ3n) is 3.55. The second-order valence-electron chi connectivity index (χ2n) is 5.35. The number of hydrazone groups is 1. The number of nitrogens with one attached hydrogen (secondary N) is 1. The molecule has 0 spiro atoms. The first-order chi connectivity index (χ1) is 12.6. The summed E-state index contributed by atoms with van der Waals surface area (Å²) < 4.78 is 7.03. The Morgan fingerprint density at radius 1 is 1.35 bits per heavy atom. The topological polar surface area (TPSA) is 83.8 Å². The van der Waals surface area contributed by atoms with Crippen LogP contribution in [0.25, 0.3) is 10.2 Å². The van der Waals surface area contributed by atoms with Crippen LogP contribution in [0.2, 0.25) is 0 Å². The zero-order valence-electron chi connectivity index (χ0n) is 14.2. The minimum Gasteiger partial charge on any atom is -0.504 e. The fourth-order valence-electron chi connectivity index (χ4n) is 2.19. The molecule has 0 fully saturated rings. The molecule has 0 aliphatic rings. The van der Waals surface area contributed by atoms with E-state index in [2.05, 4.69) is 15.5 Å². The predicted molar refractivity (Wildman–Crippen MR) is 105 cm³/mol. The second-order valence-corrected chi connectivity index (χ2v) is 7.61. The number of carbonyl (C=O) groups excluding carboxylic acids is 1. The molecule has 0 saturated carbocycles. The van der Waals surface area contributed by atoms with Crippen molar-refractivity contribution in [2.24, 2.45) is 5.10 Å². The summed E-state index contributed by atoms with van der Waals surface area (Å²) in [6, 6.07) is 12.8. The molecule has 3 aromatic rings. The molecule has 0 unspecified atom stereocenters. The lowest BCUT2D eigenvalue weighted by Gasteiger charge is -2.06. The van der Waals surface area contributed by atoms with Crippen molar-refractivity contribution in [2.75, 3.05) is 12.9 Å². The second kappa shape index (κ2) is 8.20. The Morgan fingerprint density at radius 2 is 2.15 bits per heavy atom. The standard InChI is InChI=1S/C18H17N3O3S2/c1-11(12-7-8-14(22)15(9-12)24-2)20-21-17(23)10-25-18-19-13-5-3-4-6-16(13)26-18/h3-9,22H,10H2,1-2H3,(H,21,23)/b20-11+. The van der Waals surface area contributed by atoms with Crippen LogP contribution in [0.4, 0.5) is 0 Å². The van der Waals surface area contributed by atoms with E-state index < -0.39 is 0 Å². The minimum atomic E-state index is -0.209. The number of para-hydroxylation sites is 1. The molecule has 6 nitrogen and oxygen atoms in total. The Kier molecular flexibility index (Phi) is 5.75. The van der Waals surface area contributed by atoms with Gasteiger partial charge in [0.05, 0.1) is 28.8 Å². The van der Waals surface area contributed by atoms with E-state index in [-0.39, 0.29) is 17.4 Å². The van der Waals surface area contributed by atoms with Crippen LogP contribution in [-0.2, 0) is 4.79 Å². The van der Waals surface area contributed by atoms with Gasteiger partial charge in [-0.15, -0.1) is 11.3 Å². The molecule has 0 aliphatic heterocycles. The number of amides is 1. The highest BCUT2D eigenvalue weighted by molar-refractivity contribution is 8.01. The molecule has 2 N–H and O–H groups in total. The van der Waals surface area contributed by atoms with E-state index in [0.717, 1.165) is 20.1 Å². The number of thiazole rings is 1. The predicted octanol–water partition coefficient (Wildman–Crippen LogP) is 3.64. The number of phenolic OH excluding ortho intramolecular Hbond substituents is 1. The highest BCUT2D eigenvalue weighted by Gasteiger charge is 2.08. The van der Waals surface area contributed by atoms with Gasteiger partial charge in [-0.1, -0.05) is 23.9 Å². The number of hydrogen-bond acceptors (Lipinski definition) is 7. The smallest absolute Gasteiger partial charge is 0.250 e. The van der Waals surface area contributed by atoms with Crippen LogP contribution in [0.1, 0.15) is 12.5 Å². The molecule has 0 aliphatic carbocycles. The van der Waals surface area contributed by atoms with Crippen molar-refractivity contribution in [3.8, 4) is 11.5 Å². The number of methoxy groups -OCH3 is 1. The van der Waals surface area contributed by atoms with Crippen molar-refractivity contribution in [2.45, 2.75) is 11.3 Å². The third kappa shape index (κ3) is 4.33. The molecule has 0 atom stereocenters. The number of fused-ring (bicyclic) bond motifs is 1. The molecule has 2 aromatic carbocycles. The van der Waals surface area contributed by atoms with Crippen molar-refractivity contribution in [3.63, 3.8) is 0 Å². The van der Waals surface area contributed by atoms with Gasteiger partial charge in [-0.2, -0.15) is 5.10 Å². The molecule has 26 heavy (non-hydrogen) atoms. The summed E-state index contributed by atoms with van der Waals surface area (Å²) in [4.78, 5) is 16.5. The Morgan fingerprint density at radius 3 is 2.92 bits per heavy atom. The van der Waals surface area contributed by atoms with E-state index in [1.165, 1.54) is 24.9 Å². The van der Waals surface area contributed by atoms with Crippen molar-refractivity contribution in [1.29, 1.82) is 0 Å². The number of thioether (sulfide) groups is 1. The third-order valence-corrected chi connectivity index (χ3v) is 5.73. The van der Waals surface area contributed by atoms with Crippen LogP contribution < -0.4 is 10.2 Å². The molecule has 3 rings (SSSR count). The van der Waals surface area contributed by atoms with Gasteiger partial charge < -0.3 is 9.84 Å². The summed E-state index contributed by atoms with van der Waals surface area (Å²) >= 11 is 2.95. The number of carbonyl (C=O) groups is 1. The lowest BCUT2D eigenvalue weighted by Crippen LogP contribution is -2.21. The monoisotopic (exact) mass is 387 g/mol. The molecule has 0 radical (unpaired) electrons. The van der Waals surface area contributed by atoms with Crippen LogP contribution in [-0.4, -0.2) is 34.6 Å². The maximum Gasteiger partial charge on any atom is 0.250 e. The van der Waals surface area contributed by atoms with E-state index in [1.807, 2.05) is 24.3 Å². The van der Waals surface area contributed by atoms with Gasteiger partial charge in [0, 0.05) is 5.56 Å². The quantitative estimate of drug-likeness (QED) is 0.383. The number of phenols is 1. The minimum absolute atomic E-state index is 0.0559. The van der Waals surface area contributed by atoms with E-state index >= 15 is 0 Å². The van der Waals surface area contributed by atoms with Crippen molar-refractivity contribution >= 4 is 44.9 Å². The fraction of sp³-hybridized carbons (Fsp3) is 0.167. The maximum atomic E-state index is 12.0. The fourth-order valence-corrected chi connectivity index (χ4v) is 4.05. The van der Waals surface area contributed by atoms with Crippen LogP contribution >= 0.6 is 23.1 Å². The SMILES string of the molecule is COc1cc(/C(C)=N/NC(=O)CSc2nc3ccccc3s2)ccc1O. The normalized spacial score (nSPS) is 11.5. The number of aromatic hydroxyl groups is 1. The first-order valence-electron chi connectivity index (χ1n) is 7.75. The van der Waals surface area contributed by atoms with Gasteiger partial charge in [0.25, 0.3) is 5.91 Å². The van der Waals surface area contributed by atoms with E-state index in [4.69, 9.17) is 4.74 Å². The van der Waals surface area contributed by atoms with Gasteiger partial charge >= 0.3 is 0 Å². The number of aromatic nitrogens is 1. The van der Waals surface area contributed by atoms with Gasteiger partial charge in [-0.05, 0) is 37.3 Å². The Bertz CT molecular complexity index is 936. The Hall–Kier alpha value is -2.58. The molecule has 0 bridgehead atoms. The summed E-state index contributed by atoms with van der Waals surface area (Å²) in [7, 11) is 1.48. The highest BCUT2D eigenvalue weighted by atomic mass is 32.2. The largest absolute Gasteiger partial charge is 0.504 e. The zero-order chi connectivity index (χ0) is 18.5. The van der Waals surface area contributed by atoms with Crippen LogP contribution in [0.15, 0.2) is 51.9 Å². The van der Waals surface area contributed by atoms with Crippen molar-refractivity contribution < 1.29 is 14.6 Å². The zero-order valence-corrected chi connectivity index (χ0v) is 15.9. The Labute approximate surface area is 158 Å². The lowest BCUT2D eigenvalue weighted by atomic mass is 10.1. The van der Waals surface area contributed by atoms with Crippen LogP contribution in [0.5, 0.6) is 11.5 Å². The highest BCUT2D eigenvalue weighted by Crippen LogP contribution is 2.29. The summed E-state index contributed by atoms with van der Waals surface area (Å²) in [6.45, 7) is 1.77. The molecular weight excluding hydrogens is 370 g/mol. The first kappa shape index (κ1) is 18.2. The number of benzene rings is 2. The number of ether oxygens (including phenoxy) is 1. The number of nitrogens with zero attached hydrogens (tertiary/aromatic N) is 2. The van der Waals surface area contributed by atoms with Crippen LogP contribution in [0, 0.1) is 0 Å². The van der Waals surface area contributed by atoms with E-state index in [9.17, 15) is 9.90 Å². The summed E-state index contributed by atoms with van der Waals surface area (Å²) in [5, 5.41) is 13.7. The van der Waals surface area contributed by atoms with Gasteiger partial charge in [-0.25, -0.2) is 10.4 Å².